The summed E-state index contributed by atoms with van der Waals surface area (Å²) in [4.78, 5) is 75.1. The van der Waals surface area contributed by atoms with Crippen molar-refractivity contribution in [3.63, 3.8) is 0 Å². The van der Waals surface area contributed by atoms with Crippen LogP contribution in [0.3, 0.4) is 0 Å². The van der Waals surface area contributed by atoms with Gasteiger partial charge < -0.3 is 27.4 Å². The van der Waals surface area contributed by atoms with Gasteiger partial charge in [-0.2, -0.15) is 0 Å². The largest absolute Gasteiger partial charge is 0.370 e. The van der Waals surface area contributed by atoms with Crippen LogP contribution in [0.4, 0.5) is 0 Å². The number of nitrogens with zero attached hydrogens (tertiary/aromatic N) is 2. The van der Waals surface area contributed by atoms with E-state index in [0.717, 1.165) is 17.5 Å². The van der Waals surface area contributed by atoms with Crippen LogP contribution in [-0.4, -0.2) is 64.9 Å². The minimum atomic E-state index is -1.23. The highest BCUT2D eigenvalue weighted by Crippen LogP contribution is 2.23. The van der Waals surface area contributed by atoms with Crippen molar-refractivity contribution >= 4 is 56.8 Å². The number of aromatic nitrogens is 1. The lowest BCUT2D eigenvalue weighted by Crippen LogP contribution is -2.56. The topological polar surface area (TPSA) is 199 Å². The van der Waals surface area contributed by atoms with Crippen molar-refractivity contribution < 1.29 is 24.0 Å². The number of para-hydroxylation sites is 1. The smallest absolute Gasteiger partial charge is 0.243 e. The fourth-order valence-electron chi connectivity index (χ4n) is 5.08. The van der Waals surface area contributed by atoms with Crippen molar-refractivity contribution in [2.24, 2.45) is 28.3 Å². The number of nitrogens with two attached hydrogens (primary N) is 2. The van der Waals surface area contributed by atoms with Gasteiger partial charge in [0.1, 0.15) is 17.9 Å². The second-order valence-corrected chi connectivity index (χ2v) is 12.9. The second-order valence-electron chi connectivity index (χ2n) is 11.9. The number of fused-ring (bicyclic) bond motifs is 1. The van der Waals surface area contributed by atoms with Crippen molar-refractivity contribution in [1.82, 2.24) is 20.9 Å². The number of rotatable bonds is 10. The monoisotopic (exact) mass is 627 g/mol. The van der Waals surface area contributed by atoms with Crippen molar-refractivity contribution in [3.8, 4) is 0 Å². The Balaban J connectivity index is 1.86. The summed E-state index contributed by atoms with van der Waals surface area (Å²) >= 11 is 1.22. The molecular weight excluding hydrogens is 582 g/mol. The molecule has 4 atom stereocenters. The first-order valence-electron chi connectivity index (χ1n) is 15.3. The molecule has 240 valence electrons. The van der Waals surface area contributed by atoms with Gasteiger partial charge in [0, 0.05) is 25.3 Å². The van der Waals surface area contributed by atoms with E-state index in [1.807, 2.05) is 39.0 Å². The summed E-state index contributed by atoms with van der Waals surface area (Å²) < 4.78 is 0.831. The van der Waals surface area contributed by atoms with Gasteiger partial charge in [0.15, 0.2) is 11.0 Å². The van der Waals surface area contributed by atoms with Crippen LogP contribution < -0.4 is 27.4 Å². The molecule has 44 heavy (non-hydrogen) atoms. The lowest BCUT2D eigenvalue weighted by Gasteiger charge is -2.26. The molecule has 1 aromatic carbocycles. The van der Waals surface area contributed by atoms with E-state index in [9.17, 15) is 24.0 Å². The first kappa shape index (κ1) is 34.6. The maximum atomic E-state index is 13.7. The van der Waals surface area contributed by atoms with Crippen molar-refractivity contribution in [1.29, 1.82) is 0 Å². The Morgan fingerprint density at radius 1 is 1.09 bits per heavy atom. The van der Waals surface area contributed by atoms with Gasteiger partial charge in [0.25, 0.3) is 0 Å². The van der Waals surface area contributed by atoms with Crippen LogP contribution in [0.25, 0.3) is 10.2 Å². The number of aliphatic imine (C=N–C) groups is 1. The SMILES string of the molecule is CC(C)C[C@@H]1NC(=O)[C@@H](C)CCCCCC(=O)C[C@@H](C(=O)N[C@@H](CCCN=C(N)N)C(=O)c2nc3ccccc3s2)NC1=O. The molecule has 1 aromatic heterocycles. The highest BCUT2D eigenvalue weighted by atomic mass is 32.1. The molecule has 0 bridgehead atoms. The molecule has 12 nitrogen and oxygen atoms in total. The molecule has 3 amide bonds. The predicted molar refractivity (Wildman–Crippen MR) is 171 cm³/mol. The van der Waals surface area contributed by atoms with E-state index in [4.69, 9.17) is 11.5 Å². The van der Waals surface area contributed by atoms with E-state index in [1.54, 1.807) is 6.07 Å². The molecule has 7 N–H and O–H groups in total. The zero-order valence-corrected chi connectivity index (χ0v) is 26.6. The molecule has 2 heterocycles. The van der Waals surface area contributed by atoms with Gasteiger partial charge in [-0.15, -0.1) is 11.3 Å². The normalized spacial score (nSPS) is 21.2. The molecule has 2 aromatic rings. The van der Waals surface area contributed by atoms with Crippen LogP contribution in [0.2, 0.25) is 0 Å². The van der Waals surface area contributed by atoms with Crippen LogP contribution >= 0.6 is 11.3 Å². The van der Waals surface area contributed by atoms with Gasteiger partial charge in [-0.1, -0.05) is 45.7 Å². The minimum absolute atomic E-state index is 0.0789. The molecule has 3 rings (SSSR count). The summed E-state index contributed by atoms with van der Waals surface area (Å²) in [6.45, 7) is 5.93. The molecule has 1 aliphatic rings. The third kappa shape index (κ3) is 10.7. The first-order chi connectivity index (χ1) is 20.9. The number of carbonyl (C=O) groups excluding carboxylic acids is 5. The Morgan fingerprint density at radius 2 is 1.84 bits per heavy atom. The number of carbonyl (C=O) groups is 5. The molecular formula is C31H45N7O5S. The maximum Gasteiger partial charge on any atom is 0.243 e. The van der Waals surface area contributed by atoms with Crippen molar-refractivity contribution in [3.05, 3.63) is 29.3 Å². The third-order valence-electron chi connectivity index (χ3n) is 7.53. The number of hydrogen-bond donors (Lipinski definition) is 5. The Hall–Kier alpha value is -3.87. The average Bonchev–Trinajstić information content (AvgIpc) is 3.40. The van der Waals surface area contributed by atoms with Gasteiger partial charge in [0.2, 0.25) is 23.5 Å². The summed E-state index contributed by atoms with van der Waals surface area (Å²) in [6, 6.07) is 4.24. The summed E-state index contributed by atoms with van der Waals surface area (Å²) in [5.74, 6) is -2.28. The maximum absolute atomic E-state index is 13.7. The highest BCUT2D eigenvalue weighted by molar-refractivity contribution is 7.20. The van der Waals surface area contributed by atoms with Gasteiger partial charge in [-0.3, -0.25) is 29.0 Å². The number of benzene rings is 1. The molecule has 0 unspecified atom stereocenters. The fraction of sp³-hybridized carbons (Fsp3) is 0.581. The Kier molecular flexibility index (Phi) is 13.2. The van der Waals surface area contributed by atoms with E-state index in [1.165, 1.54) is 11.3 Å². The predicted octanol–water partition coefficient (Wildman–Crippen LogP) is 2.59. The van der Waals surface area contributed by atoms with Crippen LogP contribution in [0.15, 0.2) is 29.3 Å². The summed E-state index contributed by atoms with van der Waals surface area (Å²) in [5, 5.41) is 8.57. The molecule has 1 aliphatic heterocycles. The van der Waals surface area contributed by atoms with E-state index >= 15 is 0 Å². The molecule has 0 radical (unpaired) electrons. The number of guanidine groups is 1. The molecule has 1 fully saturated rings. The van der Waals surface area contributed by atoms with E-state index in [2.05, 4.69) is 25.9 Å². The molecule has 0 spiro atoms. The van der Waals surface area contributed by atoms with Crippen molar-refractivity contribution in [2.75, 3.05) is 6.54 Å². The van der Waals surface area contributed by atoms with Gasteiger partial charge >= 0.3 is 0 Å². The number of thiazole rings is 1. The highest BCUT2D eigenvalue weighted by Gasteiger charge is 2.33. The summed E-state index contributed by atoms with van der Waals surface area (Å²) in [7, 11) is 0. The first-order valence-corrected chi connectivity index (χ1v) is 16.1. The van der Waals surface area contributed by atoms with Crippen molar-refractivity contribution in [2.45, 2.75) is 96.7 Å². The van der Waals surface area contributed by atoms with Crippen LogP contribution in [0, 0.1) is 11.8 Å². The van der Waals surface area contributed by atoms with Crippen LogP contribution in [0.5, 0.6) is 0 Å². The Morgan fingerprint density at radius 3 is 2.55 bits per heavy atom. The number of hydrogen-bond acceptors (Lipinski definition) is 8. The van der Waals surface area contributed by atoms with E-state index < -0.39 is 29.9 Å². The van der Waals surface area contributed by atoms with Crippen LogP contribution in [-0.2, 0) is 19.2 Å². The standard InChI is InChI=1S/C31H45N7O5S/c1-18(2)16-23-28(42)37-24(17-20(39)11-6-4-5-10-19(3)27(41)36-23)29(43)35-22(13-9-15-34-31(32)33)26(40)30-38-21-12-7-8-14-25(21)44-30/h7-8,12,14,18-19,22-24H,4-6,9-11,13,15-17H2,1-3H3,(H,35,43)(H,36,41)(H,37,42)(H4,32,33,34)/t19-,22-,23-,24-/m0/s1. The van der Waals surface area contributed by atoms with Crippen LogP contribution in [0.1, 0.15) is 88.4 Å². The lowest BCUT2D eigenvalue weighted by molar-refractivity contribution is -0.134. The molecule has 0 saturated carbocycles. The average molecular weight is 628 g/mol. The summed E-state index contributed by atoms with van der Waals surface area (Å²) in [6.07, 6.45) is 3.80. The second kappa shape index (κ2) is 16.8. The van der Waals surface area contributed by atoms with E-state index in [0.29, 0.717) is 31.2 Å². The van der Waals surface area contributed by atoms with Gasteiger partial charge in [0.05, 0.1) is 16.3 Å². The zero-order valence-electron chi connectivity index (χ0n) is 25.8. The molecule has 13 heteroatoms. The number of ketones is 2. The number of Topliss-reactive ketones (excluding diaryl/α,β-unsaturated/α-hetero) is 2. The number of amides is 3. The van der Waals surface area contributed by atoms with Gasteiger partial charge in [-0.25, -0.2) is 4.98 Å². The third-order valence-corrected chi connectivity index (χ3v) is 8.58. The zero-order chi connectivity index (χ0) is 32.2. The van der Waals surface area contributed by atoms with E-state index in [-0.39, 0.29) is 66.1 Å². The molecule has 1 saturated heterocycles. The van der Waals surface area contributed by atoms with Gasteiger partial charge in [-0.05, 0) is 50.2 Å². The number of nitrogens with one attached hydrogen (secondary N) is 3. The minimum Gasteiger partial charge on any atom is -0.370 e. The fourth-order valence-corrected chi connectivity index (χ4v) is 6.04. The summed E-state index contributed by atoms with van der Waals surface area (Å²) in [5.41, 5.74) is 11.5. The lowest BCUT2D eigenvalue weighted by atomic mass is 9.96. The Bertz CT molecular complexity index is 1320. The quantitative estimate of drug-likeness (QED) is 0.115. The Labute approximate surface area is 262 Å². The molecule has 0 aliphatic carbocycles.